The van der Waals surface area contributed by atoms with E-state index in [1.165, 1.54) is 37.2 Å². The highest BCUT2D eigenvalue weighted by Gasteiger charge is 2.24. The third-order valence-corrected chi connectivity index (χ3v) is 4.96. The molecule has 0 amide bonds. The van der Waals surface area contributed by atoms with Crippen LogP contribution in [0.4, 0.5) is 5.69 Å². The molecule has 0 bridgehead atoms. The largest absolute Gasteiger partial charge is 0.455 e. The molecule has 2 aliphatic rings. The Morgan fingerprint density at radius 2 is 1.83 bits per heavy atom. The van der Waals surface area contributed by atoms with Gasteiger partial charge in [-0.05, 0) is 50.6 Å². The molecule has 2 heterocycles. The summed E-state index contributed by atoms with van der Waals surface area (Å²) in [6, 6.07) is 16.8. The second-order valence-corrected chi connectivity index (χ2v) is 6.83. The summed E-state index contributed by atoms with van der Waals surface area (Å²) in [7, 11) is 2.24. The number of hydrogen-bond donors (Lipinski definition) is 0. The van der Waals surface area contributed by atoms with Crippen LogP contribution < -0.4 is 9.64 Å². The van der Waals surface area contributed by atoms with E-state index >= 15 is 0 Å². The fourth-order valence-electron chi connectivity index (χ4n) is 3.84. The molecule has 23 heavy (non-hydrogen) atoms. The van der Waals surface area contributed by atoms with Crippen LogP contribution in [0, 0.1) is 5.92 Å². The van der Waals surface area contributed by atoms with Crippen LogP contribution in [0.1, 0.15) is 18.4 Å². The van der Waals surface area contributed by atoms with Gasteiger partial charge in [-0.1, -0.05) is 30.3 Å². The molecule has 0 aromatic heterocycles. The number of nitrogens with zero attached hydrogens (tertiary/aromatic N) is 2. The molecule has 0 spiro atoms. The lowest BCUT2D eigenvalue weighted by Gasteiger charge is -2.34. The Bertz CT molecular complexity index is 685. The standard InChI is InChI=1S/C20H24N2O/c1-21-12-6-7-16(13-21)14-22-15-17-8-2-4-10-19(17)23-20-11-5-3-9-18(20)22/h2-5,8-11,16H,6-7,12-15H2,1H3. The maximum atomic E-state index is 6.19. The van der Waals surface area contributed by atoms with E-state index in [0.717, 1.165) is 30.5 Å². The van der Waals surface area contributed by atoms with Crippen LogP contribution in [-0.4, -0.2) is 31.6 Å². The van der Waals surface area contributed by atoms with Crippen molar-refractivity contribution in [2.45, 2.75) is 19.4 Å². The summed E-state index contributed by atoms with van der Waals surface area (Å²) < 4.78 is 6.19. The summed E-state index contributed by atoms with van der Waals surface area (Å²) in [6.07, 6.45) is 2.63. The molecule has 1 fully saturated rings. The van der Waals surface area contributed by atoms with Gasteiger partial charge in [-0.25, -0.2) is 0 Å². The molecule has 1 atom stereocenters. The highest BCUT2D eigenvalue weighted by atomic mass is 16.5. The number of piperidine rings is 1. The first-order chi connectivity index (χ1) is 11.3. The molecule has 0 radical (unpaired) electrons. The number of benzene rings is 2. The average Bonchev–Trinajstić information content (AvgIpc) is 2.71. The maximum Gasteiger partial charge on any atom is 0.150 e. The number of fused-ring (bicyclic) bond motifs is 2. The first-order valence-corrected chi connectivity index (χ1v) is 8.58. The van der Waals surface area contributed by atoms with Crippen molar-refractivity contribution >= 4 is 5.69 Å². The van der Waals surface area contributed by atoms with Crippen molar-refractivity contribution in [2.24, 2.45) is 5.92 Å². The minimum atomic E-state index is 0.729. The summed E-state index contributed by atoms with van der Waals surface area (Å²) >= 11 is 0. The zero-order valence-electron chi connectivity index (χ0n) is 13.7. The second kappa shape index (κ2) is 6.25. The predicted molar refractivity (Wildman–Crippen MR) is 94.2 cm³/mol. The van der Waals surface area contributed by atoms with Crippen LogP contribution in [-0.2, 0) is 6.54 Å². The van der Waals surface area contributed by atoms with Gasteiger partial charge >= 0.3 is 0 Å². The van der Waals surface area contributed by atoms with E-state index < -0.39 is 0 Å². The van der Waals surface area contributed by atoms with Crippen molar-refractivity contribution in [1.29, 1.82) is 0 Å². The van der Waals surface area contributed by atoms with E-state index in [-0.39, 0.29) is 0 Å². The molecule has 0 N–H and O–H groups in total. The van der Waals surface area contributed by atoms with Crippen molar-refractivity contribution in [2.75, 3.05) is 31.6 Å². The Hall–Kier alpha value is -2.00. The molecular weight excluding hydrogens is 284 g/mol. The number of para-hydroxylation sites is 3. The first-order valence-electron chi connectivity index (χ1n) is 8.58. The second-order valence-electron chi connectivity index (χ2n) is 6.83. The summed E-state index contributed by atoms with van der Waals surface area (Å²) in [6.45, 7) is 4.45. The van der Waals surface area contributed by atoms with Gasteiger partial charge in [0.15, 0.2) is 5.75 Å². The first kappa shape index (κ1) is 14.6. The highest BCUT2D eigenvalue weighted by molar-refractivity contribution is 5.62. The Morgan fingerprint density at radius 3 is 2.70 bits per heavy atom. The van der Waals surface area contributed by atoms with Crippen molar-refractivity contribution < 1.29 is 4.74 Å². The Kier molecular flexibility index (Phi) is 3.96. The van der Waals surface area contributed by atoms with Crippen molar-refractivity contribution in [3.63, 3.8) is 0 Å². The van der Waals surface area contributed by atoms with E-state index in [0.29, 0.717) is 0 Å². The molecule has 0 aliphatic carbocycles. The van der Waals surface area contributed by atoms with Crippen LogP contribution in [0.15, 0.2) is 48.5 Å². The number of ether oxygens (including phenoxy) is 1. The quantitative estimate of drug-likeness (QED) is 0.829. The molecule has 1 unspecified atom stereocenters. The number of likely N-dealkylation sites (tertiary alicyclic amines) is 1. The lowest BCUT2D eigenvalue weighted by molar-refractivity contribution is 0.212. The Balaban J connectivity index is 1.65. The number of rotatable bonds is 2. The van der Waals surface area contributed by atoms with Gasteiger partial charge in [0.2, 0.25) is 0 Å². The summed E-state index contributed by atoms with van der Waals surface area (Å²) in [5, 5.41) is 0. The monoisotopic (exact) mass is 308 g/mol. The molecule has 0 saturated carbocycles. The van der Waals surface area contributed by atoms with E-state index in [2.05, 4.69) is 59.3 Å². The summed E-state index contributed by atoms with van der Waals surface area (Å²) in [4.78, 5) is 4.97. The SMILES string of the molecule is CN1CCCC(CN2Cc3ccccc3Oc3ccccc32)C1. The molecule has 2 aliphatic heterocycles. The highest BCUT2D eigenvalue weighted by Crippen LogP contribution is 2.39. The summed E-state index contributed by atoms with van der Waals surface area (Å²) in [5.74, 6) is 2.69. The van der Waals surface area contributed by atoms with E-state index in [1.54, 1.807) is 0 Å². The molecule has 3 nitrogen and oxygen atoms in total. The number of anilines is 1. The van der Waals surface area contributed by atoms with Crippen molar-refractivity contribution in [3.8, 4) is 11.5 Å². The molecule has 3 heteroatoms. The predicted octanol–water partition coefficient (Wildman–Crippen LogP) is 4.14. The molecule has 4 rings (SSSR count). The van der Waals surface area contributed by atoms with Crippen LogP contribution >= 0.6 is 0 Å². The fourth-order valence-corrected chi connectivity index (χ4v) is 3.84. The molecule has 2 aromatic carbocycles. The van der Waals surface area contributed by atoms with Gasteiger partial charge < -0.3 is 14.5 Å². The van der Waals surface area contributed by atoms with E-state index in [1.807, 2.05) is 6.07 Å². The Labute approximate surface area is 138 Å². The van der Waals surface area contributed by atoms with Crippen LogP contribution in [0.25, 0.3) is 0 Å². The molecule has 2 aromatic rings. The minimum absolute atomic E-state index is 0.729. The Morgan fingerprint density at radius 1 is 1.04 bits per heavy atom. The van der Waals surface area contributed by atoms with Gasteiger partial charge in [0.05, 0.1) is 5.69 Å². The molecule has 1 saturated heterocycles. The van der Waals surface area contributed by atoms with Crippen molar-refractivity contribution in [1.82, 2.24) is 4.90 Å². The van der Waals surface area contributed by atoms with Gasteiger partial charge in [-0.15, -0.1) is 0 Å². The number of hydrogen-bond acceptors (Lipinski definition) is 3. The average molecular weight is 308 g/mol. The smallest absolute Gasteiger partial charge is 0.150 e. The zero-order valence-corrected chi connectivity index (χ0v) is 13.7. The van der Waals surface area contributed by atoms with Gasteiger partial charge in [-0.2, -0.15) is 0 Å². The molecule has 120 valence electrons. The van der Waals surface area contributed by atoms with Crippen LogP contribution in [0.3, 0.4) is 0 Å². The third-order valence-electron chi connectivity index (χ3n) is 4.96. The maximum absolute atomic E-state index is 6.19. The van der Waals surface area contributed by atoms with Crippen LogP contribution in [0.2, 0.25) is 0 Å². The topological polar surface area (TPSA) is 15.7 Å². The van der Waals surface area contributed by atoms with Crippen molar-refractivity contribution in [3.05, 3.63) is 54.1 Å². The normalized spacial score (nSPS) is 21.1. The third kappa shape index (κ3) is 3.06. The lowest BCUT2D eigenvalue weighted by atomic mass is 9.97. The summed E-state index contributed by atoms with van der Waals surface area (Å²) in [5.41, 5.74) is 2.49. The molecular formula is C20H24N2O. The van der Waals surface area contributed by atoms with Gasteiger partial charge in [-0.3, -0.25) is 0 Å². The van der Waals surface area contributed by atoms with E-state index in [9.17, 15) is 0 Å². The minimum Gasteiger partial charge on any atom is -0.455 e. The van der Waals surface area contributed by atoms with E-state index in [4.69, 9.17) is 4.74 Å². The lowest BCUT2D eigenvalue weighted by Crippen LogP contribution is -2.39. The van der Waals surface area contributed by atoms with Gasteiger partial charge in [0, 0.05) is 25.2 Å². The zero-order chi connectivity index (χ0) is 15.6. The fraction of sp³-hybridized carbons (Fsp3) is 0.400. The van der Waals surface area contributed by atoms with Gasteiger partial charge in [0.1, 0.15) is 5.75 Å². The van der Waals surface area contributed by atoms with Crippen LogP contribution in [0.5, 0.6) is 11.5 Å². The van der Waals surface area contributed by atoms with Gasteiger partial charge in [0.25, 0.3) is 0 Å².